The predicted octanol–water partition coefficient (Wildman–Crippen LogP) is 2.56. The lowest BCUT2D eigenvalue weighted by Gasteiger charge is -2.34. The first-order valence-corrected chi connectivity index (χ1v) is 7.76. The SMILES string of the molecule is Cc1cc(F)ccc1NC(=O)N1CCSCC1CC(=O)O. The molecule has 1 saturated heterocycles. The molecule has 2 N–H and O–H groups in total. The molecule has 0 radical (unpaired) electrons. The summed E-state index contributed by atoms with van der Waals surface area (Å²) in [5.41, 5.74) is 1.17. The van der Waals surface area contributed by atoms with Gasteiger partial charge >= 0.3 is 12.0 Å². The van der Waals surface area contributed by atoms with Gasteiger partial charge in [0.2, 0.25) is 0 Å². The third-order valence-corrected chi connectivity index (χ3v) is 4.42. The van der Waals surface area contributed by atoms with Crippen LogP contribution in [0.3, 0.4) is 0 Å². The maximum absolute atomic E-state index is 13.1. The van der Waals surface area contributed by atoms with Crippen molar-refractivity contribution in [3.63, 3.8) is 0 Å². The van der Waals surface area contributed by atoms with E-state index < -0.39 is 5.97 Å². The molecule has 1 heterocycles. The van der Waals surface area contributed by atoms with Crippen LogP contribution >= 0.6 is 11.8 Å². The summed E-state index contributed by atoms with van der Waals surface area (Å²) in [7, 11) is 0. The number of nitrogens with one attached hydrogen (secondary N) is 1. The number of halogens is 1. The summed E-state index contributed by atoms with van der Waals surface area (Å²) < 4.78 is 13.1. The molecule has 5 nitrogen and oxygen atoms in total. The normalized spacial score (nSPS) is 18.4. The zero-order chi connectivity index (χ0) is 15.4. The number of benzene rings is 1. The minimum Gasteiger partial charge on any atom is -0.481 e. The highest BCUT2D eigenvalue weighted by Gasteiger charge is 2.29. The van der Waals surface area contributed by atoms with Crippen LogP contribution in [0.2, 0.25) is 0 Å². The van der Waals surface area contributed by atoms with Gasteiger partial charge in [0.25, 0.3) is 0 Å². The molecule has 0 aromatic heterocycles. The van der Waals surface area contributed by atoms with Crippen LogP contribution in [-0.4, -0.2) is 46.1 Å². The number of amides is 2. The molecule has 1 fully saturated rings. The monoisotopic (exact) mass is 312 g/mol. The van der Waals surface area contributed by atoms with Crippen molar-refractivity contribution < 1.29 is 19.1 Å². The highest BCUT2D eigenvalue weighted by molar-refractivity contribution is 7.99. The number of carbonyl (C=O) groups excluding carboxylic acids is 1. The van der Waals surface area contributed by atoms with Gasteiger partial charge in [-0.15, -0.1) is 0 Å². The molecule has 1 aliphatic rings. The lowest BCUT2D eigenvalue weighted by molar-refractivity contribution is -0.137. The molecular weight excluding hydrogens is 295 g/mol. The van der Waals surface area contributed by atoms with E-state index in [1.54, 1.807) is 23.6 Å². The van der Waals surface area contributed by atoms with Gasteiger partial charge in [0.15, 0.2) is 0 Å². The van der Waals surface area contributed by atoms with Gasteiger partial charge in [0, 0.05) is 23.7 Å². The van der Waals surface area contributed by atoms with E-state index >= 15 is 0 Å². The molecule has 1 aliphatic heterocycles. The van der Waals surface area contributed by atoms with E-state index in [-0.39, 0.29) is 24.3 Å². The molecule has 0 bridgehead atoms. The molecule has 21 heavy (non-hydrogen) atoms. The minimum atomic E-state index is -0.918. The van der Waals surface area contributed by atoms with E-state index in [1.807, 2.05) is 0 Å². The van der Waals surface area contributed by atoms with Gasteiger partial charge in [-0.3, -0.25) is 4.79 Å². The number of aliphatic carboxylic acids is 1. The second-order valence-corrected chi connectivity index (χ2v) is 6.06. The molecule has 0 saturated carbocycles. The molecular formula is C14H17FN2O3S. The number of carboxylic acids is 1. The first-order chi connectivity index (χ1) is 9.97. The van der Waals surface area contributed by atoms with E-state index in [2.05, 4.69) is 5.32 Å². The Labute approximate surface area is 126 Å². The Morgan fingerprint density at radius 1 is 1.52 bits per heavy atom. The summed E-state index contributed by atoms with van der Waals surface area (Å²) in [5.74, 6) is 0.121. The van der Waals surface area contributed by atoms with Crippen LogP contribution in [0, 0.1) is 12.7 Å². The van der Waals surface area contributed by atoms with Gasteiger partial charge in [0.05, 0.1) is 12.5 Å². The quantitative estimate of drug-likeness (QED) is 0.900. The number of rotatable bonds is 3. The zero-order valence-electron chi connectivity index (χ0n) is 11.6. The largest absolute Gasteiger partial charge is 0.481 e. The fraction of sp³-hybridized carbons (Fsp3) is 0.429. The molecule has 1 aromatic rings. The number of hydrogen-bond acceptors (Lipinski definition) is 3. The van der Waals surface area contributed by atoms with Gasteiger partial charge in [-0.2, -0.15) is 11.8 Å². The van der Waals surface area contributed by atoms with E-state index in [0.29, 0.717) is 23.5 Å². The van der Waals surface area contributed by atoms with Crippen LogP contribution in [0.5, 0.6) is 0 Å². The maximum Gasteiger partial charge on any atom is 0.322 e. The van der Waals surface area contributed by atoms with Crippen molar-refractivity contribution in [2.75, 3.05) is 23.4 Å². The topological polar surface area (TPSA) is 69.6 Å². The van der Waals surface area contributed by atoms with Gasteiger partial charge in [-0.05, 0) is 30.7 Å². The van der Waals surface area contributed by atoms with E-state index in [0.717, 1.165) is 5.75 Å². The average Bonchev–Trinajstić information content (AvgIpc) is 2.42. The van der Waals surface area contributed by atoms with Crippen molar-refractivity contribution in [3.05, 3.63) is 29.6 Å². The summed E-state index contributed by atoms with van der Waals surface area (Å²) in [6.45, 7) is 2.22. The third kappa shape index (κ3) is 4.10. The van der Waals surface area contributed by atoms with Crippen LogP contribution in [0.4, 0.5) is 14.9 Å². The molecule has 0 aliphatic carbocycles. The Morgan fingerprint density at radius 3 is 2.95 bits per heavy atom. The van der Waals surface area contributed by atoms with E-state index in [1.165, 1.54) is 18.2 Å². The first-order valence-electron chi connectivity index (χ1n) is 6.60. The number of urea groups is 1. The summed E-state index contributed by atoms with van der Waals surface area (Å²) in [4.78, 5) is 24.7. The highest BCUT2D eigenvalue weighted by atomic mass is 32.2. The fourth-order valence-corrected chi connectivity index (χ4v) is 3.31. The summed E-state index contributed by atoms with van der Waals surface area (Å²) in [6, 6.07) is 3.48. The van der Waals surface area contributed by atoms with Gasteiger partial charge in [-0.25, -0.2) is 9.18 Å². The van der Waals surface area contributed by atoms with Crippen LogP contribution in [0.1, 0.15) is 12.0 Å². The number of carboxylic acid groups (broad SMARTS) is 1. The number of thioether (sulfide) groups is 1. The second kappa shape index (κ2) is 6.80. The predicted molar refractivity (Wildman–Crippen MR) is 80.2 cm³/mol. The molecule has 1 atom stereocenters. The zero-order valence-corrected chi connectivity index (χ0v) is 12.5. The minimum absolute atomic E-state index is 0.0666. The Hall–Kier alpha value is -1.76. The molecule has 0 spiro atoms. The standard InChI is InChI=1S/C14H17FN2O3S/c1-9-6-10(15)2-3-12(9)16-14(20)17-4-5-21-8-11(17)7-13(18)19/h2-3,6,11H,4-5,7-8H2,1H3,(H,16,20)(H,18,19). The smallest absolute Gasteiger partial charge is 0.322 e. The number of anilines is 1. The fourth-order valence-electron chi connectivity index (χ4n) is 2.25. The van der Waals surface area contributed by atoms with Crippen molar-refractivity contribution in [1.82, 2.24) is 4.90 Å². The van der Waals surface area contributed by atoms with Crippen LogP contribution in [0.25, 0.3) is 0 Å². The molecule has 7 heteroatoms. The summed E-state index contributed by atoms with van der Waals surface area (Å²) in [6.07, 6.45) is -0.0666. The molecule has 2 amide bonds. The molecule has 114 valence electrons. The highest BCUT2D eigenvalue weighted by Crippen LogP contribution is 2.22. The first kappa shape index (κ1) is 15.6. The average molecular weight is 312 g/mol. The van der Waals surface area contributed by atoms with Crippen molar-refractivity contribution >= 4 is 29.4 Å². The third-order valence-electron chi connectivity index (χ3n) is 3.33. The molecule has 1 aromatic carbocycles. The lowest BCUT2D eigenvalue weighted by atomic mass is 10.2. The van der Waals surface area contributed by atoms with E-state index in [9.17, 15) is 14.0 Å². The summed E-state index contributed by atoms with van der Waals surface area (Å²) in [5, 5.41) is 11.6. The Kier molecular flexibility index (Phi) is 5.06. The second-order valence-electron chi connectivity index (χ2n) is 4.91. The Morgan fingerprint density at radius 2 is 2.29 bits per heavy atom. The number of aryl methyl sites for hydroxylation is 1. The Bertz CT molecular complexity index is 553. The van der Waals surface area contributed by atoms with Crippen LogP contribution in [0.15, 0.2) is 18.2 Å². The number of nitrogens with zero attached hydrogens (tertiary/aromatic N) is 1. The number of carbonyl (C=O) groups is 2. The van der Waals surface area contributed by atoms with Gasteiger partial charge in [0.1, 0.15) is 5.82 Å². The van der Waals surface area contributed by atoms with Crippen LogP contribution < -0.4 is 5.32 Å². The maximum atomic E-state index is 13.1. The summed E-state index contributed by atoms with van der Waals surface area (Å²) >= 11 is 1.64. The lowest BCUT2D eigenvalue weighted by Crippen LogP contribution is -2.49. The molecule has 1 unspecified atom stereocenters. The van der Waals surface area contributed by atoms with Crippen molar-refractivity contribution in [2.24, 2.45) is 0 Å². The van der Waals surface area contributed by atoms with E-state index in [4.69, 9.17) is 5.11 Å². The Balaban J connectivity index is 2.08. The van der Waals surface area contributed by atoms with Gasteiger partial charge in [-0.1, -0.05) is 0 Å². The van der Waals surface area contributed by atoms with Crippen molar-refractivity contribution in [1.29, 1.82) is 0 Å². The van der Waals surface area contributed by atoms with Crippen molar-refractivity contribution in [3.8, 4) is 0 Å². The van der Waals surface area contributed by atoms with Crippen LogP contribution in [-0.2, 0) is 4.79 Å². The number of hydrogen-bond donors (Lipinski definition) is 2. The molecule has 2 rings (SSSR count). The van der Waals surface area contributed by atoms with Crippen molar-refractivity contribution in [2.45, 2.75) is 19.4 Å². The van der Waals surface area contributed by atoms with Gasteiger partial charge < -0.3 is 15.3 Å².